The molecule has 0 unspecified atom stereocenters. The van der Waals surface area contributed by atoms with Crippen molar-refractivity contribution in [1.82, 2.24) is 19.9 Å². The molecule has 0 bridgehead atoms. The van der Waals surface area contributed by atoms with E-state index in [1.807, 2.05) is 48.5 Å². The molecule has 4 aromatic heterocycles. The number of hydrogen-bond acceptors (Lipinski definition) is 6. The van der Waals surface area contributed by atoms with Crippen LogP contribution in [0.5, 0.6) is 0 Å². The van der Waals surface area contributed by atoms with Crippen LogP contribution in [0.25, 0.3) is 33.7 Å². The fourth-order valence-corrected chi connectivity index (χ4v) is 3.86. The molecule has 0 aliphatic rings. The number of aromatic amines is 2. The summed E-state index contributed by atoms with van der Waals surface area (Å²) in [5, 5.41) is 0. The van der Waals surface area contributed by atoms with Crippen molar-refractivity contribution in [2.24, 2.45) is 0 Å². The second-order valence-corrected chi connectivity index (χ2v) is 7.80. The van der Waals surface area contributed by atoms with E-state index in [0.717, 1.165) is 0 Å². The summed E-state index contributed by atoms with van der Waals surface area (Å²) < 4.78 is 2.75. The number of imidazole rings is 2. The third-order valence-electron chi connectivity index (χ3n) is 5.56. The van der Waals surface area contributed by atoms with Crippen molar-refractivity contribution < 1.29 is 28.7 Å². The quantitative estimate of drug-likeness (QED) is 0.367. The van der Waals surface area contributed by atoms with Crippen molar-refractivity contribution in [2.75, 3.05) is 0 Å². The van der Waals surface area contributed by atoms with Gasteiger partial charge in [0.2, 0.25) is 11.0 Å². The summed E-state index contributed by atoms with van der Waals surface area (Å²) in [4.78, 5) is 52.0. The highest BCUT2D eigenvalue weighted by Crippen LogP contribution is 2.19. The number of nitrogens with one attached hydrogen (secondary N) is 2. The van der Waals surface area contributed by atoms with Gasteiger partial charge in [-0.3, -0.25) is 19.6 Å². The van der Waals surface area contributed by atoms with Gasteiger partial charge in [0.25, 0.3) is 0 Å². The Morgan fingerprint density at radius 3 is 1.39 bits per heavy atom. The predicted octanol–water partition coefficient (Wildman–Crippen LogP) is 2.22. The van der Waals surface area contributed by atoms with E-state index in [9.17, 15) is 9.59 Å². The van der Waals surface area contributed by atoms with Gasteiger partial charge in [0, 0.05) is 24.8 Å². The molecule has 0 aliphatic heterocycles. The maximum Gasteiger partial charge on any atom is 0.415 e. The molecule has 2 N–H and O–H groups in total. The SMILES string of the molecule is O=C(O[n+]1c(-c2[nH]c3ccccc3[n+]2OC(=O)c2ccncc2)[nH]c2ccccc21)c1ccncc1. The fraction of sp³-hybridized carbons (Fsp3) is 0. The third-order valence-corrected chi connectivity index (χ3v) is 5.56. The zero-order valence-electron chi connectivity index (χ0n) is 18.7. The summed E-state index contributed by atoms with van der Waals surface area (Å²) in [6, 6.07) is 21.0. The van der Waals surface area contributed by atoms with Crippen LogP contribution in [-0.4, -0.2) is 31.9 Å². The van der Waals surface area contributed by atoms with Gasteiger partial charge in [-0.25, -0.2) is 19.6 Å². The minimum atomic E-state index is -0.579. The second kappa shape index (κ2) is 8.76. The lowest BCUT2D eigenvalue weighted by Gasteiger charge is -2.02. The first-order valence-corrected chi connectivity index (χ1v) is 11.0. The van der Waals surface area contributed by atoms with Crippen LogP contribution >= 0.6 is 0 Å². The van der Waals surface area contributed by atoms with Crippen LogP contribution in [0, 0.1) is 0 Å². The van der Waals surface area contributed by atoms with E-state index in [4.69, 9.17) is 9.68 Å². The first-order valence-electron chi connectivity index (χ1n) is 11.0. The number of para-hydroxylation sites is 4. The molecule has 6 rings (SSSR count). The number of pyridine rings is 2. The minimum absolute atomic E-state index is 0.336. The maximum atomic E-state index is 13.0. The number of hydrogen-bond donors (Lipinski definition) is 2. The van der Waals surface area contributed by atoms with E-state index < -0.39 is 11.9 Å². The molecular weight excluding hydrogens is 460 g/mol. The average Bonchev–Trinajstić information content (AvgIpc) is 3.48. The summed E-state index contributed by atoms with van der Waals surface area (Å²) in [5.74, 6) is -0.440. The van der Waals surface area contributed by atoms with Gasteiger partial charge >= 0.3 is 23.6 Å². The highest BCUT2D eigenvalue weighted by Gasteiger charge is 2.37. The normalized spacial score (nSPS) is 11.0. The lowest BCUT2D eigenvalue weighted by molar-refractivity contribution is -0.861. The van der Waals surface area contributed by atoms with Crippen molar-refractivity contribution >= 4 is 34.0 Å². The molecule has 10 heteroatoms. The first-order chi connectivity index (χ1) is 17.7. The van der Waals surface area contributed by atoms with Gasteiger partial charge in [-0.15, -0.1) is 0 Å². The van der Waals surface area contributed by atoms with E-state index >= 15 is 0 Å². The van der Waals surface area contributed by atoms with Crippen molar-refractivity contribution in [1.29, 1.82) is 0 Å². The summed E-state index contributed by atoms with van der Waals surface area (Å²) >= 11 is 0. The van der Waals surface area contributed by atoms with E-state index in [-0.39, 0.29) is 0 Å². The number of rotatable bonds is 5. The lowest BCUT2D eigenvalue weighted by atomic mass is 10.3. The van der Waals surface area contributed by atoms with Crippen molar-refractivity contribution in [3.05, 3.63) is 109 Å². The van der Waals surface area contributed by atoms with Gasteiger partial charge in [0.05, 0.1) is 11.1 Å². The van der Waals surface area contributed by atoms with Gasteiger partial charge < -0.3 is 0 Å². The highest BCUT2D eigenvalue weighted by atomic mass is 16.7. The van der Waals surface area contributed by atoms with E-state index in [1.165, 1.54) is 34.2 Å². The average molecular weight is 478 g/mol. The Bertz CT molecular complexity index is 1600. The number of aromatic nitrogens is 6. The molecule has 4 heterocycles. The van der Waals surface area contributed by atoms with Crippen molar-refractivity contribution in [3.8, 4) is 11.6 Å². The summed E-state index contributed by atoms with van der Waals surface area (Å²) in [7, 11) is 0. The zero-order chi connectivity index (χ0) is 24.5. The number of fused-ring (bicyclic) bond motifs is 2. The fourth-order valence-electron chi connectivity index (χ4n) is 3.86. The van der Waals surface area contributed by atoms with Gasteiger partial charge in [0.1, 0.15) is 0 Å². The molecular formula is C26H18N6O4+2. The highest BCUT2D eigenvalue weighted by molar-refractivity contribution is 5.90. The molecule has 6 aromatic rings. The molecule has 0 fully saturated rings. The van der Waals surface area contributed by atoms with Gasteiger partial charge in [0.15, 0.2) is 11.0 Å². The Balaban J connectivity index is 1.51. The molecule has 0 spiro atoms. The van der Waals surface area contributed by atoms with Crippen LogP contribution in [0.1, 0.15) is 20.7 Å². The Kier molecular flexibility index (Phi) is 5.15. The van der Waals surface area contributed by atoms with Gasteiger partial charge in [-0.2, -0.15) is 0 Å². The van der Waals surface area contributed by atoms with Gasteiger partial charge in [-0.05, 0) is 58.0 Å². The van der Waals surface area contributed by atoms with Crippen molar-refractivity contribution in [3.63, 3.8) is 0 Å². The monoisotopic (exact) mass is 478 g/mol. The first kappa shape index (κ1) is 21.2. The predicted molar refractivity (Wildman–Crippen MR) is 126 cm³/mol. The van der Waals surface area contributed by atoms with Crippen LogP contribution in [0.4, 0.5) is 0 Å². The summed E-state index contributed by atoms with van der Waals surface area (Å²) in [6.07, 6.45) is 6.06. The van der Waals surface area contributed by atoms with E-state index in [0.29, 0.717) is 44.8 Å². The molecule has 0 saturated heterocycles. The Hall–Kier alpha value is -5.38. The molecule has 0 amide bonds. The topological polar surface area (TPSA) is 118 Å². The molecule has 0 aliphatic carbocycles. The van der Waals surface area contributed by atoms with E-state index in [2.05, 4.69) is 19.9 Å². The number of carbonyl (C=O) groups excluding carboxylic acids is 2. The van der Waals surface area contributed by atoms with Crippen molar-refractivity contribution in [2.45, 2.75) is 0 Å². The van der Waals surface area contributed by atoms with Crippen LogP contribution < -0.4 is 19.1 Å². The van der Waals surface area contributed by atoms with E-state index in [1.54, 1.807) is 24.3 Å². The molecule has 2 aromatic carbocycles. The third kappa shape index (κ3) is 3.72. The van der Waals surface area contributed by atoms with Gasteiger partial charge in [-0.1, -0.05) is 24.3 Å². The Morgan fingerprint density at radius 2 is 0.972 bits per heavy atom. The minimum Gasteiger partial charge on any atom is -0.265 e. The summed E-state index contributed by atoms with van der Waals surface area (Å²) in [6.45, 7) is 0. The number of nitrogens with zero attached hydrogens (tertiary/aromatic N) is 4. The maximum absolute atomic E-state index is 13.0. The van der Waals surface area contributed by atoms with Crippen LogP contribution in [0.3, 0.4) is 0 Å². The number of carbonyl (C=O) groups is 2. The molecule has 0 radical (unpaired) electrons. The lowest BCUT2D eigenvalue weighted by Crippen LogP contribution is -2.52. The molecule has 10 nitrogen and oxygen atoms in total. The molecule has 0 saturated carbocycles. The smallest absolute Gasteiger partial charge is 0.265 e. The van der Waals surface area contributed by atoms with Crippen LogP contribution in [0.2, 0.25) is 0 Å². The Labute approximate surface area is 203 Å². The molecule has 0 atom stereocenters. The zero-order valence-corrected chi connectivity index (χ0v) is 18.7. The molecule has 36 heavy (non-hydrogen) atoms. The largest absolute Gasteiger partial charge is 0.415 e. The molecule has 174 valence electrons. The second-order valence-electron chi connectivity index (χ2n) is 7.80. The van der Waals surface area contributed by atoms with Crippen LogP contribution in [0.15, 0.2) is 97.6 Å². The summed E-state index contributed by atoms with van der Waals surface area (Å²) in [5.41, 5.74) is 3.31. The van der Waals surface area contributed by atoms with Crippen LogP contribution in [-0.2, 0) is 0 Å². The number of H-pyrrole nitrogens is 2. The standard InChI is InChI=1S/C26H16N6O4/c33-25(17-9-13-27-14-10-17)35-31-21-7-3-1-5-19(21)29-23(31)24-30-20-6-2-4-8-22(20)32(24)36-26(34)18-11-15-28-16-12-18/h1-16H/p+2. The Morgan fingerprint density at radius 1 is 0.583 bits per heavy atom. The number of benzene rings is 2.